The molecule has 0 saturated heterocycles. The monoisotopic (exact) mass is 364 g/mol. The van der Waals surface area contributed by atoms with E-state index in [0.717, 1.165) is 0 Å². The first-order valence-corrected chi connectivity index (χ1v) is 8.38. The van der Waals surface area contributed by atoms with Crippen LogP contribution in [-0.2, 0) is 10.0 Å². The van der Waals surface area contributed by atoms with Gasteiger partial charge in [-0.05, 0) is 49.9 Å². The summed E-state index contributed by atoms with van der Waals surface area (Å²) in [4.78, 5) is 6.15. The van der Waals surface area contributed by atoms with E-state index < -0.39 is 10.0 Å². The van der Waals surface area contributed by atoms with Crippen molar-refractivity contribution in [3.05, 3.63) is 16.7 Å². The molecule has 0 radical (unpaired) electrons. The van der Waals surface area contributed by atoms with Gasteiger partial charge in [0.25, 0.3) is 0 Å². The first-order valence-electron chi connectivity index (χ1n) is 6.10. The molecule has 0 unspecified atom stereocenters. The van der Waals surface area contributed by atoms with Gasteiger partial charge in [-0.25, -0.2) is 18.1 Å². The van der Waals surface area contributed by atoms with Gasteiger partial charge in [-0.3, -0.25) is 0 Å². The van der Waals surface area contributed by atoms with Crippen molar-refractivity contribution in [3.63, 3.8) is 0 Å². The minimum atomic E-state index is -3.62. The van der Waals surface area contributed by atoms with Gasteiger partial charge >= 0.3 is 0 Å². The predicted octanol–water partition coefficient (Wildman–Crippen LogP) is 1.50. The summed E-state index contributed by atoms with van der Waals surface area (Å²) >= 11 is 3.24. The molecular weight excluding hydrogens is 344 g/mol. The Labute approximate surface area is 129 Å². The fourth-order valence-corrected chi connectivity index (χ4v) is 3.19. The number of likely N-dealkylation sites (N-methyl/N-ethyl adjacent to an activating group) is 1. The van der Waals surface area contributed by atoms with Crippen molar-refractivity contribution >= 4 is 31.8 Å². The summed E-state index contributed by atoms with van der Waals surface area (Å²) in [6, 6.07) is 1.53. The molecule has 20 heavy (non-hydrogen) atoms. The van der Waals surface area contributed by atoms with Crippen molar-refractivity contribution in [3.8, 4) is 0 Å². The minimum absolute atomic E-state index is 0.129. The molecule has 6 nitrogen and oxygen atoms in total. The average Bonchev–Trinajstić information content (AvgIpc) is 2.36. The lowest BCUT2D eigenvalue weighted by atomic mass is 10.1. The maximum atomic E-state index is 12.4. The zero-order valence-electron chi connectivity index (χ0n) is 12.4. The van der Waals surface area contributed by atoms with Gasteiger partial charge in [-0.1, -0.05) is 0 Å². The van der Waals surface area contributed by atoms with E-state index >= 15 is 0 Å². The number of aromatic nitrogens is 1. The van der Waals surface area contributed by atoms with E-state index in [2.05, 4.69) is 31.0 Å². The Hall–Kier alpha value is -0.700. The van der Waals surface area contributed by atoms with Crippen LogP contribution < -0.4 is 10.0 Å². The maximum absolute atomic E-state index is 12.4. The normalized spacial score (nSPS) is 12.8. The summed E-state index contributed by atoms with van der Waals surface area (Å²) in [6.07, 6.45) is 1.55. The standard InChI is InChI=1S/C12H21BrN4O2S/c1-12(2,17(4)5)8-16-20(18,19)10-6-9(13)7-15-11(10)14-3/h6-7,16H,8H2,1-5H3,(H,14,15). The van der Waals surface area contributed by atoms with Crippen LogP contribution in [0.2, 0.25) is 0 Å². The number of halogens is 1. The van der Waals surface area contributed by atoms with Gasteiger partial charge in [0.05, 0.1) is 0 Å². The summed E-state index contributed by atoms with van der Waals surface area (Å²) < 4.78 is 28.0. The number of nitrogens with zero attached hydrogens (tertiary/aromatic N) is 2. The van der Waals surface area contributed by atoms with Gasteiger partial charge in [0.15, 0.2) is 0 Å². The first kappa shape index (κ1) is 17.4. The second kappa shape index (κ2) is 6.38. The molecule has 0 aliphatic carbocycles. The van der Waals surface area contributed by atoms with Gasteiger partial charge in [0.1, 0.15) is 10.7 Å². The van der Waals surface area contributed by atoms with Gasteiger partial charge in [0.2, 0.25) is 10.0 Å². The van der Waals surface area contributed by atoms with Gasteiger partial charge in [0, 0.05) is 29.8 Å². The van der Waals surface area contributed by atoms with Crippen LogP contribution in [0.1, 0.15) is 13.8 Å². The fourth-order valence-electron chi connectivity index (χ4n) is 1.32. The highest BCUT2D eigenvalue weighted by Gasteiger charge is 2.26. The molecule has 0 spiro atoms. The minimum Gasteiger partial charge on any atom is -0.372 e. The van der Waals surface area contributed by atoms with E-state index in [4.69, 9.17) is 0 Å². The molecule has 0 aromatic carbocycles. The summed E-state index contributed by atoms with van der Waals surface area (Å²) in [5.41, 5.74) is -0.285. The molecule has 0 amide bonds. The van der Waals surface area contributed by atoms with Gasteiger partial charge < -0.3 is 10.2 Å². The van der Waals surface area contributed by atoms with E-state index in [1.54, 1.807) is 13.2 Å². The maximum Gasteiger partial charge on any atom is 0.244 e. The molecule has 2 N–H and O–H groups in total. The zero-order chi connectivity index (χ0) is 15.6. The summed E-state index contributed by atoms with van der Waals surface area (Å²) in [5, 5.41) is 2.79. The molecule has 0 atom stereocenters. The van der Waals surface area contributed by atoms with Gasteiger partial charge in [-0.2, -0.15) is 0 Å². The van der Waals surface area contributed by atoms with Crippen molar-refractivity contribution in [1.82, 2.24) is 14.6 Å². The molecule has 0 aliphatic rings. The predicted molar refractivity (Wildman–Crippen MR) is 84.4 cm³/mol. The second-order valence-corrected chi connectivity index (χ2v) is 7.93. The Morgan fingerprint density at radius 1 is 1.40 bits per heavy atom. The topological polar surface area (TPSA) is 74.3 Å². The van der Waals surface area contributed by atoms with E-state index in [-0.39, 0.29) is 10.4 Å². The number of hydrogen-bond donors (Lipinski definition) is 2. The number of pyridine rings is 1. The van der Waals surface area contributed by atoms with Crippen molar-refractivity contribution in [2.75, 3.05) is 33.0 Å². The number of nitrogens with one attached hydrogen (secondary N) is 2. The summed E-state index contributed by atoms with van der Waals surface area (Å²) in [7, 11) is 1.84. The Morgan fingerprint density at radius 3 is 2.50 bits per heavy atom. The van der Waals surface area contributed by atoms with Gasteiger partial charge in [-0.15, -0.1) is 0 Å². The Balaban J connectivity index is 3.03. The van der Waals surface area contributed by atoms with Crippen LogP contribution in [-0.4, -0.2) is 51.5 Å². The van der Waals surface area contributed by atoms with Crippen LogP contribution in [0.25, 0.3) is 0 Å². The first-order chi connectivity index (χ1) is 9.10. The van der Waals surface area contributed by atoms with E-state index in [1.165, 1.54) is 6.07 Å². The fraction of sp³-hybridized carbons (Fsp3) is 0.583. The van der Waals surface area contributed by atoms with Crippen molar-refractivity contribution in [2.24, 2.45) is 0 Å². The van der Waals surface area contributed by atoms with Crippen molar-refractivity contribution < 1.29 is 8.42 Å². The Kier molecular flexibility index (Phi) is 5.54. The van der Waals surface area contributed by atoms with E-state index in [1.807, 2.05) is 32.8 Å². The third-order valence-corrected chi connectivity index (χ3v) is 5.10. The molecule has 1 aromatic heterocycles. The second-order valence-electron chi connectivity index (χ2n) is 5.28. The Morgan fingerprint density at radius 2 is 2.00 bits per heavy atom. The van der Waals surface area contributed by atoms with Crippen LogP contribution in [0.4, 0.5) is 5.82 Å². The van der Waals surface area contributed by atoms with E-state index in [9.17, 15) is 8.42 Å². The largest absolute Gasteiger partial charge is 0.372 e. The van der Waals surface area contributed by atoms with Crippen LogP contribution >= 0.6 is 15.9 Å². The molecule has 0 aliphatic heterocycles. The van der Waals surface area contributed by atoms with Crippen molar-refractivity contribution in [2.45, 2.75) is 24.3 Å². The third-order valence-electron chi connectivity index (χ3n) is 3.25. The lowest BCUT2D eigenvalue weighted by molar-refractivity contribution is 0.199. The highest BCUT2D eigenvalue weighted by atomic mass is 79.9. The Bertz CT molecular complexity index is 573. The van der Waals surface area contributed by atoms with Crippen molar-refractivity contribution in [1.29, 1.82) is 0 Å². The molecule has 1 heterocycles. The summed E-state index contributed by atoms with van der Waals surface area (Å²) in [5.74, 6) is 0.323. The zero-order valence-corrected chi connectivity index (χ0v) is 14.8. The van der Waals surface area contributed by atoms with E-state index in [0.29, 0.717) is 16.8 Å². The lowest BCUT2D eigenvalue weighted by Gasteiger charge is -2.32. The molecule has 1 aromatic rings. The highest BCUT2D eigenvalue weighted by Crippen LogP contribution is 2.22. The summed E-state index contributed by atoms with van der Waals surface area (Å²) in [6.45, 7) is 4.24. The number of rotatable bonds is 6. The SMILES string of the molecule is CNc1ncc(Br)cc1S(=O)(=O)NCC(C)(C)N(C)C. The molecule has 0 saturated carbocycles. The molecular formula is C12H21BrN4O2S. The molecule has 1 rings (SSSR count). The highest BCUT2D eigenvalue weighted by molar-refractivity contribution is 9.10. The molecule has 114 valence electrons. The van der Waals surface area contributed by atoms with Crippen LogP contribution in [0.15, 0.2) is 21.6 Å². The quantitative estimate of drug-likeness (QED) is 0.799. The number of hydrogen-bond acceptors (Lipinski definition) is 5. The molecule has 0 bridgehead atoms. The number of anilines is 1. The molecule has 8 heteroatoms. The van der Waals surface area contributed by atoms with Crippen LogP contribution in [0.3, 0.4) is 0 Å². The molecule has 0 fully saturated rings. The number of sulfonamides is 1. The average molecular weight is 365 g/mol. The third kappa shape index (κ3) is 4.15. The van der Waals surface area contributed by atoms with Crippen LogP contribution in [0.5, 0.6) is 0 Å². The van der Waals surface area contributed by atoms with Crippen LogP contribution in [0, 0.1) is 0 Å². The lowest BCUT2D eigenvalue weighted by Crippen LogP contribution is -2.48. The smallest absolute Gasteiger partial charge is 0.244 e.